The summed E-state index contributed by atoms with van der Waals surface area (Å²) in [5, 5.41) is 15.6. The summed E-state index contributed by atoms with van der Waals surface area (Å²) >= 11 is 1.28. The van der Waals surface area contributed by atoms with E-state index in [2.05, 4.69) is 10.1 Å². The monoisotopic (exact) mass is 482 g/mol. The summed E-state index contributed by atoms with van der Waals surface area (Å²) in [6, 6.07) is 24.8. The second-order valence-electron chi connectivity index (χ2n) is 7.87. The SMILES string of the molecule is Cc1cccc(OCCOc2ccc(/C=C3\C(=N)N4N=C(c5ccccc5)SC4=NC3=O)cc2)c1. The first-order valence-electron chi connectivity index (χ1n) is 11.0. The molecule has 3 aromatic rings. The third-order valence-corrected chi connectivity index (χ3v) is 6.23. The number of amides is 1. The lowest BCUT2D eigenvalue weighted by Crippen LogP contribution is -2.35. The largest absolute Gasteiger partial charge is 0.490 e. The number of carbonyl (C=O) groups is 1. The molecule has 35 heavy (non-hydrogen) atoms. The average molecular weight is 483 g/mol. The number of nitrogens with one attached hydrogen (secondary N) is 1. The number of carbonyl (C=O) groups excluding carboxylic acids is 1. The first-order valence-corrected chi connectivity index (χ1v) is 11.9. The smallest absolute Gasteiger partial charge is 0.283 e. The third kappa shape index (κ3) is 5.17. The Bertz CT molecular complexity index is 1360. The van der Waals surface area contributed by atoms with Crippen LogP contribution in [0.5, 0.6) is 11.5 Å². The number of amidine groups is 2. The molecule has 7 nitrogen and oxygen atoms in total. The molecule has 2 aliphatic rings. The minimum atomic E-state index is -0.452. The number of aliphatic imine (C=N–C) groups is 1. The fourth-order valence-electron chi connectivity index (χ4n) is 3.54. The predicted molar refractivity (Wildman–Crippen MR) is 139 cm³/mol. The Morgan fingerprint density at radius 1 is 0.943 bits per heavy atom. The first-order chi connectivity index (χ1) is 17.1. The molecule has 0 saturated heterocycles. The second-order valence-corrected chi connectivity index (χ2v) is 8.83. The quantitative estimate of drug-likeness (QED) is 0.373. The second kappa shape index (κ2) is 9.99. The van der Waals surface area contributed by atoms with E-state index in [9.17, 15) is 4.79 Å². The average Bonchev–Trinajstić information content (AvgIpc) is 3.30. The zero-order valence-electron chi connectivity index (χ0n) is 19.0. The van der Waals surface area contributed by atoms with Gasteiger partial charge >= 0.3 is 0 Å². The maximum atomic E-state index is 12.6. The predicted octanol–water partition coefficient (Wildman–Crippen LogP) is 5.12. The summed E-state index contributed by atoms with van der Waals surface area (Å²) in [5.74, 6) is 1.06. The molecule has 174 valence electrons. The van der Waals surface area contributed by atoms with Gasteiger partial charge in [0.2, 0.25) is 5.17 Å². The van der Waals surface area contributed by atoms with Crippen molar-refractivity contribution < 1.29 is 14.3 Å². The van der Waals surface area contributed by atoms with Gasteiger partial charge in [-0.1, -0.05) is 54.6 Å². The zero-order valence-corrected chi connectivity index (χ0v) is 19.8. The van der Waals surface area contributed by atoms with Crippen molar-refractivity contribution >= 4 is 39.8 Å². The lowest BCUT2D eigenvalue weighted by atomic mass is 10.1. The summed E-state index contributed by atoms with van der Waals surface area (Å²) in [7, 11) is 0. The van der Waals surface area contributed by atoms with Gasteiger partial charge in [-0.05, 0) is 60.2 Å². The Labute approximate surface area is 207 Å². The Balaban J connectivity index is 1.22. The summed E-state index contributed by atoms with van der Waals surface area (Å²) in [6.07, 6.45) is 1.65. The van der Waals surface area contributed by atoms with E-state index in [0.29, 0.717) is 29.2 Å². The summed E-state index contributed by atoms with van der Waals surface area (Å²) in [4.78, 5) is 16.8. The Morgan fingerprint density at radius 2 is 1.69 bits per heavy atom. The van der Waals surface area contributed by atoms with Gasteiger partial charge in [-0.25, -0.2) is 0 Å². The van der Waals surface area contributed by atoms with Crippen LogP contribution in [0.4, 0.5) is 0 Å². The number of hydrogen-bond acceptors (Lipinski definition) is 6. The molecule has 1 amide bonds. The van der Waals surface area contributed by atoms with E-state index in [4.69, 9.17) is 14.9 Å². The van der Waals surface area contributed by atoms with Gasteiger partial charge < -0.3 is 9.47 Å². The molecule has 0 fully saturated rings. The molecule has 0 spiro atoms. The molecule has 0 atom stereocenters. The highest BCUT2D eigenvalue weighted by molar-refractivity contribution is 8.27. The Morgan fingerprint density at radius 3 is 2.43 bits per heavy atom. The topological polar surface area (TPSA) is 87.3 Å². The van der Waals surface area contributed by atoms with Crippen molar-refractivity contribution in [2.45, 2.75) is 6.92 Å². The molecule has 0 bridgehead atoms. The van der Waals surface area contributed by atoms with Crippen LogP contribution in [-0.2, 0) is 4.79 Å². The van der Waals surface area contributed by atoms with Crippen LogP contribution in [0, 0.1) is 12.3 Å². The number of fused-ring (bicyclic) bond motifs is 1. The molecule has 0 unspecified atom stereocenters. The molecular formula is C27H22N4O3S. The minimum Gasteiger partial charge on any atom is -0.490 e. The van der Waals surface area contributed by atoms with Gasteiger partial charge in [0.15, 0.2) is 5.84 Å². The van der Waals surface area contributed by atoms with E-state index in [0.717, 1.165) is 22.4 Å². The molecule has 2 aliphatic heterocycles. The van der Waals surface area contributed by atoms with Gasteiger partial charge in [-0.2, -0.15) is 15.1 Å². The normalized spacial score (nSPS) is 16.1. The number of hydrazone groups is 1. The maximum Gasteiger partial charge on any atom is 0.283 e. The molecule has 0 aliphatic carbocycles. The molecule has 3 aromatic carbocycles. The van der Waals surface area contributed by atoms with Gasteiger partial charge in [0.1, 0.15) is 29.8 Å². The number of benzene rings is 3. The maximum absolute atomic E-state index is 12.6. The fourth-order valence-corrected chi connectivity index (χ4v) is 4.44. The fraction of sp³-hybridized carbons (Fsp3) is 0.111. The van der Waals surface area contributed by atoms with Crippen molar-refractivity contribution in [3.8, 4) is 11.5 Å². The Kier molecular flexibility index (Phi) is 6.45. The summed E-state index contributed by atoms with van der Waals surface area (Å²) < 4.78 is 11.5. The van der Waals surface area contributed by atoms with Gasteiger partial charge in [-0.15, -0.1) is 0 Å². The number of nitrogens with zero attached hydrogens (tertiary/aromatic N) is 3. The molecule has 5 rings (SSSR count). The molecule has 8 heteroatoms. The highest BCUT2D eigenvalue weighted by atomic mass is 32.2. The summed E-state index contributed by atoms with van der Waals surface area (Å²) in [5.41, 5.74) is 3.01. The van der Waals surface area contributed by atoms with Crippen molar-refractivity contribution in [1.29, 1.82) is 5.41 Å². The Hall–Kier alpha value is -4.17. The molecule has 0 saturated carbocycles. The molecule has 0 radical (unpaired) electrons. The minimum absolute atomic E-state index is 0.00653. The molecule has 1 N–H and O–H groups in total. The van der Waals surface area contributed by atoms with Crippen LogP contribution in [0.15, 0.2) is 94.5 Å². The van der Waals surface area contributed by atoms with Crippen LogP contribution in [0.25, 0.3) is 6.08 Å². The van der Waals surface area contributed by atoms with Crippen LogP contribution in [0.3, 0.4) is 0 Å². The van der Waals surface area contributed by atoms with Crippen LogP contribution >= 0.6 is 11.8 Å². The van der Waals surface area contributed by atoms with Crippen molar-refractivity contribution in [3.05, 3.63) is 101 Å². The van der Waals surface area contributed by atoms with Crippen LogP contribution in [-0.4, -0.2) is 40.2 Å². The van der Waals surface area contributed by atoms with Gasteiger partial charge in [0.25, 0.3) is 5.91 Å². The molecule has 0 aromatic heterocycles. The van der Waals surface area contributed by atoms with E-state index in [1.165, 1.54) is 16.8 Å². The van der Waals surface area contributed by atoms with E-state index >= 15 is 0 Å². The molecule has 2 heterocycles. The standard InChI is InChI=1S/C27H22N4O3S/c1-18-6-5-9-22(16-18)34-15-14-33-21-12-10-19(11-13-21)17-23-24(28)31-27(29-25(23)32)35-26(30-31)20-7-3-2-4-8-20/h2-13,16-17,28H,14-15H2,1H3/b23-17+,28-24?. The first kappa shape index (κ1) is 22.6. The number of ether oxygens (including phenoxy) is 2. The van der Waals surface area contributed by atoms with Crippen LogP contribution in [0.2, 0.25) is 0 Å². The number of aryl methyl sites for hydroxylation is 1. The lowest BCUT2D eigenvalue weighted by Gasteiger charge is -2.20. The van der Waals surface area contributed by atoms with Crippen molar-refractivity contribution in [3.63, 3.8) is 0 Å². The summed E-state index contributed by atoms with van der Waals surface area (Å²) in [6.45, 7) is 2.86. The lowest BCUT2D eigenvalue weighted by molar-refractivity contribution is -0.114. The number of hydrogen-bond donors (Lipinski definition) is 1. The highest BCUT2D eigenvalue weighted by Crippen LogP contribution is 2.31. The van der Waals surface area contributed by atoms with Crippen molar-refractivity contribution in [1.82, 2.24) is 5.01 Å². The molecular weight excluding hydrogens is 460 g/mol. The van der Waals surface area contributed by atoms with E-state index in [1.54, 1.807) is 6.08 Å². The van der Waals surface area contributed by atoms with Gasteiger partial charge in [-0.3, -0.25) is 10.2 Å². The number of rotatable bonds is 7. The van der Waals surface area contributed by atoms with Crippen LogP contribution in [0.1, 0.15) is 16.7 Å². The van der Waals surface area contributed by atoms with E-state index in [1.807, 2.05) is 85.8 Å². The van der Waals surface area contributed by atoms with Crippen molar-refractivity contribution in [2.75, 3.05) is 13.2 Å². The third-order valence-electron chi connectivity index (χ3n) is 5.28. The van der Waals surface area contributed by atoms with Gasteiger partial charge in [0, 0.05) is 5.56 Å². The van der Waals surface area contributed by atoms with Crippen LogP contribution < -0.4 is 9.47 Å². The zero-order chi connectivity index (χ0) is 24.2. The van der Waals surface area contributed by atoms with Gasteiger partial charge in [0.05, 0.1) is 5.57 Å². The van der Waals surface area contributed by atoms with Crippen molar-refractivity contribution in [2.24, 2.45) is 10.1 Å². The highest BCUT2D eigenvalue weighted by Gasteiger charge is 2.35. The number of thioether (sulfide) groups is 1. The van der Waals surface area contributed by atoms with E-state index < -0.39 is 5.91 Å². The van der Waals surface area contributed by atoms with E-state index in [-0.39, 0.29) is 11.4 Å².